The molecule has 0 bridgehead atoms. The Bertz CT molecular complexity index is 1230. The summed E-state index contributed by atoms with van der Waals surface area (Å²) in [6.07, 6.45) is -2.60. The Balaban J connectivity index is 1.47. The van der Waals surface area contributed by atoms with Crippen LogP contribution in [-0.2, 0) is 16.8 Å². The molecule has 2 aromatic carbocycles. The van der Waals surface area contributed by atoms with Crippen molar-refractivity contribution in [3.05, 3.63) is 59.7 Å². The molecule has 1 saturated carbocycles. The van der Waals surface area contributed by atoms with Crippen molar-refractivity contribution < 1.29 is 41.3 Å². The lowest BCUT2D eigenvalue weighted by molar-refractivity contribution is -0.217. The number of hydrogen-bond donors (Lipinski definition) is 1. The third kappa shape index (κ3) is 9.54. The predicted molar refractivity (Wildman–Crippen MR) is 162 cm³/mol. The number of rotatable bonds is 13. The zero-order valence-corrected chi connectivity index (χ0v) is 26.3. The highest BCUT2D eigenvalue weighted by molar-refractivity contribution is 5.69. The van der Waals surface area contributed by atoms with Gasteiger partial charge >= 0.3 is 12.1 Å². The lowest BCUT2D eigenvalue weighted by atomic mass is 9.66. The first-order valence-corrected chi connectivity index (χ1v) is 15.6. The smallest absolute Gasteiger partial charge is 0.395 e. The van der Waals surface area contributed by atoms with Crippen LogP contribution in [0.15, 0.2) is 48.5 Å². The van der Waals surface area contributed by atoms with Gasteiger partial charge in [-0.15, -0.1) is 0 Å². The Morgan fingerprint density at radius 2 is 1.53 bits per heavy atom. The van der Waals surface area contributed by atoms with Crippen LogP contribution in [0.25, 0.3) is 0 Å². The van der Waals surface area contributed by atoms with Gasteiger partial charge < -0.3 is 14.6 Å². The first-order valence-electron chi connectivity index (χ1n) is 15.6. The number of aliphatic carboxylic acids is 1. The summed E-state index contributed by atoms with van der Waals surface area (Å²) in [4.78, 5) is 14.6. The second-order valence-electron chi connectivity index (χ2n) is 13.3. The second-order valence-corrected chi connectivity index (χ2v) is 13.3. The number of likely N-dealkylation sites (tertiary alicyclic amines) is 1. The molecule has 1 N–H and O–H groups in total. The molecule has 2 aliphatic rings. The summed E-state index contributed by atoms with van der Waals surface area (Å²) in [5.41, 5.74) is -0.820. The zero-order valence-electron chi connectivity index (χ0n) is 26.3. The van der Waals surface area contributed by atoms with Gasteiger partial charge in [0.15, 0.2) is 0 Å². The van der Waals surface area contributed by atoms with Gasteiger partial charge in [0.25, 0.3) is 0 Å². The van der Waals surface area contributed by atoms with Crippen LogP contribution in [0.2, 0.25) is 0 Å². The molecular formula is C34H45F5N2O4. The number of benzene rings is 2. The highest BCUT2D eigenvalue weighted by Crippen LogP contribution is 2.48. The molecule has 1 saturated heterocycles. The maximum atomic E-state index is 14.3. The summed E-state index contributed by atoms with van der Waals surface area (Å²) in [6, 6.07) is 14.7. The van der Waals surface area contributed by atoms with Crippen molar-refractivity contribution in [3.8, 4) is 11.5 Å². The van der Waals surface area contributed by atoms with Gasteiger partial charge in [-0.25, -0.2) is 8.78 Å². The van der Waals surface area contributed by atoms with Crippen LogP contribution in [0.1, 0.15) is 69.9 Å². The first-order chi connectivity index (χ1) is 21.1. The fourth-order valence-electron chi connectivity index (χ4n) is 6.46. The Hall–Kier alpha value is -2.92. The molecule has 0 spiro atoms. The monoisotopic (exact) mass is 640 g/mol. The highest BCUT2D eigenvalue weighted by atomic mass is 19.4. The Morgan fingerprint density at radius 1 is 0.956 bits per heavy atom. The molecule has 4 rings (SSSR count). The zero-order chi connectivity index (χ0) is 32.9. The SMILES string of the molecule is COc1ccc(C2(CCN(Cc3ccc(OC4CCN(CC(=O)O)CC4)cc3)CC(C)(C)C(F)(F)F)CCC(F)(F)CC2)cc1. The van der Waals surface area contributed by atoms with Crippen molar-refractivity contribution in [3.63, 3.8) is 0 Å². The van der Waals surface area contributed by atoms with Crippen molar-refractivity contribution in [2.24, 2.45) is 5.41 Å². The summed E-state index contributed by atoms with van der Waals surface area (Å²) in [5.74, 6) is -2.29. The maximum Gasteiger partial charge on any atom is 0.395 e. The standard InChI is InChI=1S/C34H45F5N2O4/c1-31(2,34(37,38)39)24-41(21-18-32(14-16-33(35,36)17-15-32)26-6-10-27(44-3)11-7-26)22-25-4-8-28(9-5-25)45-29-12-19-40(20-13-29)23-30(42)43/h4-11,29H,12-24H2,1-3H3,(H,42,43). The predicted octanol–water partition coefficient (Wildman–Crippen LogP) is 7.55. The molecule has 1 aliphatic carbocycles. The quantitative estimate of drug-likeness (QED) is 0.228. The molecule has 0 radical (unpaired) electrons. The van der Waals surface area contributed by atoms with Crippen molar-refractivity contribution in [1.29, 1.82) is 0 Å². The van der Waals surface area contributed by atoms with Crippen LogP contribution in [-0.4, -0.2) is 78.9 Å². The minimum atomic E-state index is -4.41. The number of alkyl halides is 5. The van der Waals surface area contributed by atoms with E-state index in [2.05, 4.69) is 0 Å². The Morgan fingerprint density at radius 3 is 2.07 bits per heavy atom. The normalized spacial score (nSPS) is 19.4. The van der Waals surface area contributed by atoms with Crippen molar-refractivity contribution in [2.45, 2.75) is 89.0 Å². The van der Waals surface area contributed by atoms with E-state index in [1.54, 1.807) is 24.1 Å². The fourth-order valence-corrected chi connectivity index (χ4v) is 6.46. The number of halogens is 5. The average molecular weight is 641 g/mol. The molecule has 11 heteroatoms. The van der Waals surface area contributed by atoms with E-state index in [1.807, 2.05) is 41.3 Å². The summed E-state index contributed by atoms with van der Waals surface area (Å²) in [7, 11) is 1.55. The molecule has 45 heavy (non-hydrogen) atoms. The molecule has 1 aliphatic heterocycles. The van der Waals surface area contributed by atoms with Gasteiger partial charge in [-0.05, 0) is 93.3 Å². The molecule has 1 heterocycles. The molecule has 250 valence electrons. The van der Waals surface area contributed by atoms with Crippen LogP contribution in [0.3, 0.4) is 0 Å². The van der Waals surface area contributed by atoms with Crippen LogP contribution in [0.4, 0.5) is 22.0 Å². The lowest BCUT2D eigenvalue weighted by Gasteiger charge is -2.43. The topological polar surface area (TPSA) is 62.2 Å². The number of hydrogen-bond acceptors (Lipinski definition) is 5. The van der Waals surface area contributed by atoms with Crippen LogP contribution in [0, 0.1) is 5.41 Å². The first kappa shape index (κ1) is 34.9. The average Bonchev–Trinajstić information content (AvgIpc) is 2.98. The molecule has 2 aromatic rings. The number of piperidine rings is 1. The van der Waals surface area contributed by atoms with Gasteiger partial charge in [0.2, 0.25) is 5.92 Å². The van der Waals surface area contributed by atoms with E-state index >= 15 is 0 Å². The van der Waals surface area contributed by atoms with Gasteiger partial charge in [-0.2, -0.15) is 13.2 Å². The number of nitrogens with zero attached hydrogens (tertiary/aromatic N) is 2. The summed E-state index contributed by atoms with van der Waals surface area (Å²) >= 11 is 0. The molecule has 0 atom stereocenters. The van der Waals surface area contributed by atoms with Crippen molar-refractivity contribution >= 4 is 5.97 Å². The van der Waals surface area contributed by atoms with E-state index < -0.39 is 28.9 Å². The Kier molecular flexibility index (Phi) is 11.1. The largest absolute Gasteiger partial charge is 0.497 e. The number of ether oxygens (including phenoxy) is 2. The van der Waals surface area contributed by atoms with E-state index in [-0.39, 0.29) is 51.4 Å². The Labute approximate surface area is 262 Å². The minimum Gasteiger partial charge on any atom is -0.497 e. The third-order valence-electron chi connectivity index (χ3n) is 9.46. The van der Waals surface area contributed by atoms with Crippen LogP contribution < -0.4 is 9.47 Å². The summed E-state index contributed by atoms with van der Waals surface area (Å²) in [5, 5.41) is 9.00. The number of carboxylic acid groups (broad SMARTS) is 1. The van der Waals surface area contributed by atoms with Gasteiger partial charge in [-0.3, -0.25) is 14.6 Å². The summed E-state index contributed by atoms with van der Waals surface area (Å²) < 4.78 is 82.0. The molecule has 0 amide bonds. The number of carboxylic acids is 1. The van der Waals surface area contributed by atoms with Crippen LogP contribution >= 0.6 is 0 Å². The van der Waals surface area contributed by atoms with Crippen LogP contribution in [0.5, 0.6) is 11.5 Å². The van der Waals surface area contributed by atoms with Gasteiger partial charge in [0.05, 0.1) is 19.1 Å². The van der Waals surface area contributed by atoms with Crippen molar-refractivity contribution in [1.82, 2.24) is 9.80 Å². The molecule has 6 nitrogen and oxygen atoms in total. The fraction of sp³-hybridized carbons (Fsp3) is 0.618. The molecule has 2 fully saturated rings. The molecule has 0 unspecified atom stereocenters. The maximum absolute atomic E-state index is 14.3. The minimum absolute atomic E-state index is 0.0107. The van der Waals surface area contributed by atoms with Gasteiger partial charge in [-0.1, -0.05) is 24.3 Å². The highest BCUT2D eigenvalue weighted by Gasteiger charge is 2.49. The number of methoxy groups -OCH3 is 1. The van der Waals surface area contributed by atoms with E-state index in [9.17, 15) is 26.7 Å². The summed E-state index contributed by atoms with van der Waals surface area (Å²) in [6.45, 7) is 4.00. The van der Waals surface area contributed by atoms with Gasteiger partial charge in [0.1, 0.15) is 17.6 Å². The molecule has 0 aromatic heterocycles. The van der Waals surface area contributed by atoms with E-state index in [4.69, 9.17) is 14.6 Å². The van der Waals surface area contributed by atoms with E-state index in [0.717, 1.165) is 11.1 Å². The molecular weight excluding hydrogens is 595 g/mol. The van der Waals surface area contributed by atoms with Crippen molar-refractivity contribution in [2.75, 3.05) is 39.8 Å². The second kappa shape index (κ2) is 14.2. The lowest BCUT2D eigenvalue weighted by Crippen LogP contribution is -2.45. The third-order valence-corrected chi connectivity index (χ3v) is 9.46. The van der Waals surface area contributed by atoms with Gasteiger partial charge in [0, 0.05) is 39.0 Å². The number of carbonyl (C=O) groups is 1. The van der Waals surface area contributed by atoms with E-state index in [0.29, 0.717) is 50.4 Å². The van der Waals surface area contributed by atoms with E-state index in [1.165, 1.54) is 13.8 Å².